The molecule has 1 aliphatic carbocycles. The molecule has 0 radical (unpaired) electrons. The molecule has 1 saturated carbocycles. The van der Waals surface area contributed by atoms with Crippen molar-refractivity contribution in [1.82, 2.24) is 19.9 Å². The number of amides is 2. The van der Waals surface area contributed by atoms with Crippen molar-refractivity contribution in [2.45, 2.75) is 91.0 Å². The number of rotatable bonds is 8. The second-order valence-electron chi connectivity index (χ2n) is 12.2. The number of aromatic nitrogens is 3. The number of hydrogen-bond acceptors (Lipinski definition) is 6. The van der Waals surface area contributed by atoms with E-state index in [4.69, 9.17) is 21.1 Å². The molecule has 0 spiro atoms. The van der Waals surface area contributed by atoms with Crippen LogP contribution in [0.15, 0.2) is 42.6 Å². The van der Waals surface area contributed by atoms with Crippen molar-refractivity contribution >= 4 is 35.1 Å². The molecular weight excluding hydrogens is 518 g/mol. The van der Waals surface area contributed by atoms with E-state index in [9.17, 15) is 9.59 Å². The van der Waals surface area contributed by atoms with Gasteiger partial charge in [0.25, 0.3) is 0 Å². The van der Waals surface area contributed by atoms with Gasteiger partial charge in [0.15, 0.2) is 5.82 Å². The lowest BCUT2D eigenvalue weighted by atomic mass is 10.0. The van der Waals surface area contributed by atoms with E-state index in [2.05, 4.69) is 15.4 Å². The Balaban J connectivity index is 1.66. The molecule has 1 atom stereocenters. The van der Waals surface area contributed by atoms with Crippen LogP contribution in [-0.4, -0.2) is 44.0 Å². The number of anilines is 1. The lowest BCUT2D eigenvalue weighted by Gasteiger charge is -2.27. The Kier molecular flexibility index (Phi) is 8.39. The van der Waals surface area contributed by atoms with Crippen molar-refractivity contribution in [3.63, 3.8) is 0 Å². The number of hydrogen-bond donors (Lipinski definition) is 1. The third kappa shape index (κ3) is 8.58. The molecule has 210 valence electrons. The van der Waals surface area contributed by atoms with E-state index >= 15 is 0 Å². The summed E-state index contributed by atoms with van der Waals surface area (Å²) < 4.78 is 12.9. The highest BCUT2D eigenvalue weighted by Crippen LogP contribution is 2.35. The van der Waals surface area contributed by atoms with Crippen molar-refractivity contribution < 1.29 is 19.1 Å². The number of alkyl carbamates (subject to hydrolysis) is 1. The van der Waals surface area contributed by atoms with E-state index in [1.807, 2.05) is 84.1 Å². The molecule has 0 aliphatic heterocycles. The summed E-state index contributed by atoms with van der Waals surface area (Å²) >= 11 is 6.34. The van der Waals surface area contributed by atoms with Crippen LogP contribution >= 0.6 is 11.6 Å². The van der Waals surface area contributed by atoms with Gasteiger partial charge in [-0.15, -0.1) is 5.10 Å². The molecule has 39 heavy (non-hydrogen) atoms. The van der Waals surface area contributed by atoms with E-state index in [1.54, 1.807) is 4.52 Å². The molecule has 1 aliphatic rings. The second kappa shape index (κ2) is 11.4. The van der Waals surface area contributed by atoms with Crippen molar-refractivity contribution in [3.8, 4) is 0 Å². The van der Waals surface area contributed by atoms with Crippen LogP contribution in [-0.2, 0) is 22.4 Å². The Hall–Kier alpha value is -3.33. The summed E-state index contributed by atoms with van der Waals surface area (Å²) in [5, 5.41) is 7.40. The standard InChI is InChI=1S/C29H38ClN5O4/c1-28(2,3)38-26(36)31-22(14-19-12-13-19)15-21-16-23-24(32-25(30)33-35(23)18-21)34(27(37)39-29(4,5)6)17-20-10-8-7-9-11-20/h7-11,16,18-19,22H,12-15,17H2,1-6H3,(H,31,36)/t22-/m0/s1. The Morgan fingerprint density at radius 2 is 1.74 bits per heavy atom. The average molecular weight is 556 g/mol. The van der Waals surface area contributed by atoms with Gasteiger partial charge in [0.2, 0.25) is 5.28 Å². The van der Waals surface area contributed by atoms with Crippen molar-refractivity contribution in [2.24, 2.45) is 5.92 Å². The van der Waals surface area contributed by atoms with Crippen LogP contribution in [0.2, 0.25) is 5.28 Å². The van der Waals surface area contributed by atoms with E-state index in [1.165, 1.54) is 17.7 Å². The quantitative estimate of drug-likeness (QED) is 0.338. The Morgan fingerprint density at radius 1 is 1.08 bits per heavy atom. The largest absolute Gasteiger partial charge is 0.444 e. The maximum Gasteiger partial charge on any atom is 0.416 e. The number of carbonyl (C=O) groups is 2. The smallest absolute Gasteiger partial charge is 0.416 e. The molecule has 0 unspecified atom stereocenters. The summed E-state index contributed by atoms with van der Waals surface area (Å²) in [7, 11) is 0. The van der Waals surface area contributed by atoms with Gasteiger partial charge < -0.3 is 14.8 Å². The van der Waals surface area contributed by atoms with Crippen LogP contribution in [0.1, 0.15) is 71.9 Å². The maximum absolute atomic E-state index is 13.4. The second-order valence-corrected chi connectivity index (χ2v) is 12.5. The van der Waals surface area contributed by atoms with Gasteiger partial charge >= 0.3 is 12.2 Å². The van der Waals surface area contributed by atoms with E-state index < -0.39 is 23.4 Å². The molecule has 2 aromatic heterocycles. The van der Waals surface area contributed by atoms with Gasteiger partial charge in [-0.2, -0.15) is 4.98 Å². The highest BCUT2D eigenvalue weighted by atomic mass is 35.5. The van der Waals surface area contributed by atoms with Gasteiger partial charge in [0.05, 0.1) is 6.54 Å². The van der Waals surface area contributed by atoms with Crippen molar-refractivity contribution in [2.75, 3.05) is 4.90 Å². The monoisotopic (exact) mass is 555 g/mol. The fourth-order valence-corrected chi connectivity index (χ4v) is 4.50. The highest BCUT2D eigenvalue weighted by Gasteiger charge is 2.30. The molecule has 4 rings (SSSR count). The van der Waals surface area contributed by atoms with Crippen LogP contribution in [0.3, 0.4) is 0 Å². The summed E-state index contributed by atoms with van der Waals surface area (Å²) in [5.41, 5.74) is 1.17. The molecule has 1 fully saturated rings. The molecule has 2 amide bonds. The van der Waals surface area contributed by atoms with Crippen LogP contribution in [0.5, 0.6) is 0 Å². The molecule has 3 aromatic rings. The van der Waals surface area contributed by atoms with E-state index in [0.717, 1.165) is 17.5 Å². The van der Waals surface area contributed by atoms with Crippen molar-refractivity contribution in [3.05, 3.63) is 59.0 Å². The minimum Gasteiger partial charge on any atom is -0.444 e. The van der Waals surface area contributed by atoms with E-state index in [0.29, 0.717) is 23.7 Å². The molecule has 0 saturated heterocycles. The van der Waals surface area contributed by atoms with Crippen LogP contribution in [0, 0.1) is 5.92 Å². The molecule has 1 aromatic carbocycles. The molecule has 0 bridgehead atoms. The molecule has 1 N–H and O–H groups in total. The Labute approximate surface area is 234 Å². The predicted octanol–water partition coefficient (Wildman–Crippen LogP) is 6.56. The highest BCUT2D eigenvalue weighted by molar-refractivity contribution is 6.28. The third-order valence-corrected chi connectivity index (χ3v) is 6.21. The summed E-state index contributed by atoms with van der Waals surface area (Å²) in [4.78, 5) is 31.9. The van der Waals surface area contributed by atoms with Gasteiger partial charge in [0.1, 0.15) is 16.7 Å². The maximum atomic E-state index is 13.4. The number of ether oxygens (including phenoxy) is 2. The number of benzene rings is 1. The molecule has 2 heterocycles. The zero-order valence-corrected chi connectivity index (χ0v) is 24.3. The Bertz CT molecular complexity index is 1310. The van der Waals surface area contributed by atoms with Gasteiger partial charge in [-0.25, -0.2) is 14.1 Å². The van der Waals surface area contributed by atoms with Gasteiger partial charge in [-0.05, 0) is 89.1 Å². The number of fused-ring (bicyclic) bond motifs is 1. The van der Waals surface area contributed by atoms with Crippen LogP contribution in [0.4, 0.5) is 15.4 Å². The average Bonchev–Trinajstić information content (AvgIpc) is 3.52. The predicted molar refractivity (Wildman–Crippen MR) is 151 cm³/mol. The first-order valence-corrected chi connectivity index (χ1v) is 13.7. The molecule has 9 nitrogen and oxygen atoms in total. The number of nitrogens with zero attached hydrogens (tertiary/aromatic N) is 4. The van der Waals surface area contributed by atoms with Crippen LogP contribution < -0.4 is 10.2 Å². The summed E-state index contributed by atoms with van der Waals surface area (Å²) in [5.74, 6) is 0.943. The molecular formula is C29H38ClN5O4. The zero-order chi connectivity index (χ0) is 28.4. The summed E-state index contributed by atoms with van der Waals surface area (Å²) in [6, 6.07) is 11.4. The molecule has 10 heteroatoms. The minimum absolute atomic E-state index is 0.00248. The number of halogens is 1. The van der Waals surface area contributed by atoms with Gasteiger partial charge in [-0.3, -0.25) is 4.90 Å². The topological polar surface area (TPSA) is 98.1 Å². The van der Waals surface area contributed by atoms with Gasteiger partial charge in [-0.1, -0.05) is 43.2 Å². The van der Waals surface area contributed by atoms with E-state index in [-0.39, 0.29) is 17.9 Å². The number of nitrogens with one attached hydrogen (secondary N) is 1. The lowest BCUT2D eigenvalue weighted by Crippen LogP contribution is -2.40. The minimum atomic E-state index is -0.699. The first-order chi connectivity index (χ1) is 18.3. The van der Waals surface area contributed by atoms with Crippen molar-refractivity contribution in [1.29, 1.82) is 0 Å². The summed E-state index contributed by atoms with van der Waals surface area (Å²) in [6.07, 6.45) is 4.66. The van der Waals surface area contributed by atoms with Gasteiger partial charge in [0, 0.05) is 12.2 Å². The zero-order valence-electron chi connectivity index (χ0n) is 23.5. The summed E-state index contributed by atoms with van der Waals surface area (Å²) in [6.45, 7) is 11.2. The lowest BCUT2D eigenvalue weighted by molar-refractivity contribution is 0.0498. The SMILES string of the molecule is CC(C)(C)OC(=O)N[C@H](Cc1cc2c(N(Cc3ccccc3)C(=O)OC(C)(C)C)nc(Cl)nn2c1)CC1CC1. The first kappa shape index (κ1) is 28.7. The fourth-order valence-electron chi connectivity index (χ4n) is 4.34. The third-order valence-electron chi connectivity index (χ3n) is 6.05. The van der Waals surface area contributed by atoms with Crippen LogP contribution in [0.25, 0.3) is 5.52 Å². The normalized spacial score (nSPS) is 14.6. The Morgan fingerprint density at radius 3 is 2.36 bits per heavy atom. The first-order valence-electron chi connectivity index (χ1n) is 13.3. The number of carbonyl (C=O) groups excluding carboxylic acids is 2. The fraction of sp³-hybridized carbons (Fsp3) is 0.517.